The Kier molecular flexibility index (Phi) is 4.48. The predicted octanol–water partition coefficient (Wildman–Crippen LogP) is 1.78. The van der Waals surface area contributed by atoms with Crippen molar-refractivity contribution in [3.63, 3.8) is 0 Å². The molecule has 2 aromatic rings. The average Bonchev–Trinajstić information content (AvgIpc) is 2.69. The first kappa shape index (κ1) is 15.8. The number of rotatable bonds is 3. The van der Waals surface area contributed by atoms with Gasteiger partial charge in [-0.25, -0.2) is 0 Å². The number of carbonyl (C=O) groups is 1. The number of nitrogens with zero attached hydrogens (tertiary/aromatic N) is 2. The van der Waals surface area contributed by atoms with E-state index in [-0.39, 0.29) is 5.91 Å². The van der Waals surface area contributed by atoms with Crippen LogP contribution in [0.5, 0.6) is 0 Å². The van der Waals surface area contributed by atoms with E-state index in [1.807, 2.05) is 29.2 Å². The van der Waals surface area contributed by atoms with Crippen LogP contribution in [0.1, 0.15) is 27.0 Å². The highest BCUT2D eigenvalue weighted by Crippen LogP contribution is 2.18. The Morgan fingerprint density at radius 2 is 1.92 bits per heavy atom. The Balaban J connectivity index is 1.54. The standard InChI is InChI=1S/C20H22N4O/c25-20(24-10-8-21-9-11-24)16-6-3-4-15(12-16)13-19-18-7-2-1-5-17(18)14-22-23-19/h1-7,12,21-22H,8-11,13-14H2. The summed E-state index contributed by atoms with van der Waals surface area (Å²) in [5, 5.41) is 7.77. The van der Waals surface area contributed by atoms with Crippen molar-refractivity contribution in [1.29, 1.82) is 0 Å². The Morgan fingerprint density at radius 3 is 2.80 bits per heavy atom. The third kappa shape index (κ3) is 3.42. The molecular formula is C20H22N4O. The van der Waals surface area contributed by atoms with E-state index >= 15 is 0 Å². The minimum atomic E-state index is 0.118. The molecule has 1 fully saturated rings. The van der Waals surface area contributed by atoms with Crippen LogP contribution in [0.4, 0.5) is 0 Å². The first-order valence-electron chi connectivity index (χ1n) is 8.78. The number of nitrogens with one attached hydrogen (secondary N) is 2. The maximum absolute atomic E-state index is 12.7. The molecule has 1 amide bonds. The minimum Gasteiger partial charge on any atom is -0.336 e. The lowest BCUT2D eigenvalue weighted by Gasteiger charge is -2.27. The van der Waals surface area contributed by atoms with Crippen molar-refractivity contribution in [2.24, 2.45) is 5.10 Å². The summed E-state index contributed by atoms with van der Waals surface area (Å²) in [5.41, 5.74) is 8.46. The average molecular weight is 334 g/mol. The highest BCUT2D eigenvalue weighted by molar-refractivity contribution is 6.03. The molecule has 2 aliphatic rings. The maximum atomic E-state index is 12.7. The van der Waals surface area contributed by atoms with Crippen molar-refractivity contribution in [2.75, 3.05) is 26.2 Å². The molecule has 0 aromatic heterocycles. The lowest BCUT2D eigenvalue weighted by atomic mass is 9.96. The molecule has 0 spiro atoms. The van der Waals surface area contributed by atoms with Crippen LogP contribution in [0.15, 0.2) is 53.6 Å². The molecule has 5 heteroatoms. The summed E-state index contributed by atoms with van der Waals surface area (Å²) in [5.74, 6) is 0.118. The van der Waals surface area contributed by atoms with Crippen LogP contribution >= 0.6 is 0 Å². The van der Waals surface area contributed by atoms with Gasteiger partial charge >= 0.3 is 0 Å². The van der Waals surface area contributed by atoms with Gasteiger partial charge in [0.2, 0.25) is 0 Å². The summed E-state index contributed by atoms with van der Waals surface area (Å²) in [4.78, 5) is 14.6. The van der Waals surface area contributed by atoms with E-state index in [2.05, 4.69) is 40.1 Å². The SMILES string of the molecule is O=C(c1cccc(CC2=NNCc3ccccc32)c1)N1CCNCC1. The van der Waals surface area contributed by atoms with E-state index in [1.54, 1.807) is 0 Å². The molecule has 0 bridgehead atoms. The summed E-state index contributed by atoms with van der Waals surface area (Å²) in [6, 6.07) is 16.3. The molecule has 0 atom stereocenters. The van der Waals surface area contributed by atoms with Gasteiger partial charge in [-0.1, -0.05) is 36.4 Å². The number of benzene rings is 2. The van der Waals surface area contributed by atoms with Gasteiger partial charge < -0.3 is 15.6 Å². The van der Waals surface area contributed by atoms with Crippen LogP contribution in [0.25, 0.3) is 0 Å². The second kappa shape index (κ2) is 7.07. The van der Waals surface area contributed by atoms with Crippen LogP contribution in [0, 0.1) is 0 Å². The van der Waals surface area contributed by atoms with Crippen LogP contribution in [-0.2, 0) is 13.0 Å². The van der Waals surface area contributed by atoms with Crippen molar-refractivity contribution in [3.8, 4) is 0 Å². The Labute approximate surface area is 147 Å². The molecule has 128 valence electrons. The normalized spacial score (nSPS) is 16.6. The molecule has 0 aliphatic carbocycles. The maximum Gasteiger partial charge on any atom is 0.253 e. The smallest absolute Gasteiger partial charge is 0.253 e. The second-order valence-electron chi connectivity index (χ2n) is 6.47. The fraction of sp³-hybridized carbons (Fsp3) is 0.300. The van der Waals surface area contributed by atoms with E-state index in [1.165, 1.54) is 11.1 Å². The van der Waals surface area contributed by atoms with Crippen molar-refractivity contribution in [3.05, 3.63) is 70.8 Å². The minimum absolute atomic E-state index is 0.118. The van der Waals surface area contributed by atoms with Gasteiger partial charge in [0.25, 0.3) is 5.91 Å². The van der Waals surface area contributed by atoms with E-state index in [0.717, 1.165) is 49.6 Å². The molecule has 1 saturated heterocycles. The molecule has 5 nitrogen and oxygen atoms in total. The summed E-state index contributed by atoms with van der Waals surface area (Å²) < 4.78 is 0. The lowest BCUT2D eigenvalue weighted by Crippen LogP contribution is -2.46. The topological polar surface area (TPSA) is 56.7 Å². The van der Waals surface area contributed by atoms with Crippen LogP contribution in [0.2, 0.25) is 0 Å². The van der Waals surface area contributed by atoms with Crippen LogP contribution < -0.4 is 10.7 Å². The summed E-state index contributed by atoms with van der Waals surface area (Å²) >= 11 is 0. The van der Waals surface area contributed by atoms with Gasteiger partial charge in [0.15, 0.2) is 0 Å². The van der Waals surface area contributed by atoms with Crippen molar-refractivity contribution < 1.29 is 4.79 Å². The summed E-state index contributed by atoms with van der Waals surface area (Å²) in [6.07, 6.45) is 0.715. The molecule has 0 radical (unpaired) electrons. The Morgan fingerprint density at radius 1 is 1.08 bits per heavy atom. The van der Waals surface area contributed by atoms with Gasteiger partial charge in [-0.2, -0.15) is 5.10 Å². The van der Waals surface area contributed by atoms with Gasteiger partial charge in [-0.05, 0) is 23.3 Å². The molecule has 2 N–H and O–H groups in total. The zero-order valence-electron chi connectivity index (χ0n) is 14.2. The van der Waals surface area contributed by atoms with Crippen molar-refractivity contribution >= 4 is 11.6 Å². The van der Waals surface area contributed by atoms with Crippen LogP contribution in [-0.4, -0.2) is 42.7 Å². The fourth-order valence-electron chi connectivity index (χ4n) is 3.43. The van der Waals surface area contributed by atoms with Gasteiger partial charge in [-0.15, -0.1) is 0 Å². The van der Waals surface area contributed by atoms with E-state index < -0.39 is 0 Å². The fourth-order valence-corrected chi connectivity index (χ4v) is 3.43. The Bertz CT molecular complexity index is 809. The largest absolute Gasteiger partial charge is 0.336 e. The van der Waals surface area contributed by atoms with Gasteiger partial charge in [0.05, 0.1) is 12.3 Å². The monoisotopic (exact) mass is 334 g/mol. The molecule has 25 heavy (non-hydrogen) atoms. The lowest BCUT2D eigenvalue weighted by molar-refractivity contribution is 0.0735. The summed E-state index contributed by atoms with van der Waals surface area (Å²) in [6.45, 7) is 4.04. The molecular weight excluding hydrogens is 312 g/mol. The molecule has 2 aromatic carbocycles. The van der Waals surface area contributed by atoms with Crippen molar-refractivity contribution in [1.82, 2.24) is 15.6 Å². The predicted molar refractivity (Wildman–Crippen MR) is 98.7 cm³/mol. The number of piperazine rings is 1. The number of fused-ring (bicyclic) bond motifs is 1. The second-order valence-corrected chi connectivity index (χ2v) is 6.47. The number of hydrogen-bond acceptors (Lipinski definition) is 4. The quantitative estimate of drug-likeness (QED) is 0.900. The van der Waals surface area contributed by atoms with E-state index in [9.17, 15) is 4.79 Å². The number of hydrazone groups is 1. The first-order chi connectivity index (χ1) is 12.3. The highest BCUT2D eigenvalue weighted by atomic mass is 16.2. The molecule has 4 rings (SSSR count). The molecule has 2 heterocycles. The molecule has 0 saturated carbocycles. The number of amides is 1. The van der Waals surface area contributed by atoms with Gasteiger partial charge in [0.1, 0.15) is 0 Å². The van der Waals surface area contributed by atoms with E-state index in [0.29, 0.717) is 6.42 Å². The first-order valence-corrected chi connectivity index (χ1v) is 8.78. The number of hydrogen-bond donors (Lipinski definition) is 2. The van der Waals surface area contributed by atoms with Gasteiger partial charge in [-0.3, -0.25) is 4.79 Å². The Hall–Kier alpha value is -2.66. The van der Waals surface area contributed by atoms with Crippen LogP contribution in [0.3, 0.4) is 0 Å². The van der Waals surface area contributed by atoms with Gasteiger partial charge in [0, 0.05) is 43.7 Å². The van der Waals surface area contributed by atoms with Crippen molar-refractivity contribution in [2.45, 2.75) is 13.0 Å². The molecule has 0 unspecified atom stereocenters. The third-order valence-corrected chi connectivity index (χ3v) is 4.76. The highest BCUT2D eigenvalue weighted by Gasteiger charge is 2.19. The summed E-state index contributed by atoms with van der Waals surface area (Å²) in [7, 11) is 0. The zero-order valence-corrected chi connectivity index (χ0v) is 14.2. The van der Waals surface area contributed by atoms with E-state index in [4.69, 9.17) is 0 Å². The number of carbonyl (C=O) groups excluding carboxylic acids is 1. The third-order valence-electron chi connectivity index (χ3n) is 4.76. The zero-order chi connectivity index (χ0) is 17.1. The molecule has 2 aliphatic heterocycles.